The molecule has 3 aromatic rings. The fourth-order valence-electron chi connectivity index (χ4n) is 2.59. The second-order valence-corrected chi connectivity index (χ2v) is 8.35. The number of aromatic nitrogens is 2. The topological polar surface area (TPSA) is 89.0 Å². The highest BCUT2D eigenvalue weighted by molar-refractivity contribution is 7.98. The van der Waals surface area contributed by atoms with E-state index in [0.29, 0.717) is 10.9 Å². The first kappa shape index (κ1) is 21.8. The zero-order valence-electron chi connectivity index (χ0n) is 15.4. The molecule has 0 radical (unpaired) electrons. The Morgan fingerprint density at radius 1 is 1.07 bits per heavy atom. The van der Waals surface area contributed by atoms with Crippen molar-refractivity contribution >= 4 is 33.3 Å². The maximum Gasteiger partial charge on any atom is 0.267 e. The minimum Gasteiger partial charge on any atom is -0.294 e. The van der Waals surface area contributed by atoms with E-state index in [9.17, 15) is 26.4 Å². The number of rotatable bonds is 7. The van der Waals surface area contributed by atoms with Crippen LogP contribution in [0, 0.1) is 17.5 Å². The fourth-order valence-corrected chi connectivity index (χ4v) is 4.17. The van der Waals surface area contributed by atoms with Gasteiger partial charge in [0.1, 0.15) is 11.6 Å². The maximum atomic E-state index is 14.8. The van der Waals surface area contributed by atoms with E-state index in [4.69, 9.17) is 0 Å². The highest BCUT2D eigenvalue weighted by atomic mass is 32.2. The molecular weight excluding hydrogens is 439 g/mol. The smallest absolute Gasteiger partial charge is 0.267 e. The number of carbonyl (C=O) groups is 1. The normalized spacial score (nSPS) is 11.3. The van der Waals surface area contributed by atoms with Gasteiger partial charge in [-0.25, -0.2) is 31.6 Å². The van der Waals surface area contributed by atoms with E-state index in [-0.39, 0.29) is 6.42 Å². The average Bonchev–Trinajstić information content (AvgIpc) is 2.69. The number of ketones is 1. The summed E-state index contributed by atoms with van der Waals surface area (Å²) in [7, 11) is -4.78. The van der Waals surface area contributed by atoms with Gasteiger partial charge in [0, 0.05) is 6.20 Å². The average molecular weight is 453 g/mol. The van der Waals surface area contributed by atoms with Crippen molar-refractivity contribution in [1.82, 2.24) is 9.97 Å². The number of benzene rings is 2. The Labute approximate surface area is 174 Å². The van der Waals surface area contributed by atoms with Gasteiger partial charge in [0.15, 0.2) is 21.7 Å². The summed E-state index contributed by atoms with van der Waals surface area (Å²) < 4.78 is 69.1. The molecule has 0 aliphatic rings. The Kier molecular flexibility index (Phi) is 6.42. The van der Waals surface area contributed by atoms with Crippen LogP contribution in [0.5, 0.6) is 0 Å². The fraction of sp³-hybridized carbons (Fsp3) is 0.105. The van der Waals surface area contributed by atoms with Crippen LogP contribution < -0.4 is 4.72 Å². The zero-order chi connectivity index (χ0) is 21.9. The number of hydrogen-bond acceptors (Lipinski definition) is 6. The van der Waals surface area contributed by atoms with E-state index in [1.54, 1.807) is 11.0 Å². The number of Topliss-reactive ketones (excluding diaryl/α,β-unsaturated/α-hetero) is 1. The molecule has 0 aliphatic carbocycles. The number of nitrogens with zero attached hydrogens (tertiary/aromatic N) is 2. The molecule has 0 spiro atoms. The predicted octanol–water partition coefficient (Wildman–Crippen LogP) is 3.84. The summed E-state index contributed by atoms with van der Waals surface area (Å²) >= 11 is 1.27. The van der Waals surface area contributed by atoms with E-state index >= 15 is 0 Å². The molecule has 0 aliphatic heterocycles. The van der Waals surface area contributed by atoms with Crippen LogP contribution in [0.15, 0.2) is 58.7 Å². The number of thioether (sulfide) groups is 1. The minimum atomic E-state index is -4.78. The van der Waals surface area contributed by atoms with Crippen LogP contribution in [0.4, 0.5) is 18.9 Å². The van der Waals surface area contributed by atoms with Crippen molar-refractivity contribution in [1.29, 1.82) is 0 Å². The molecule has 1 heterocycles. The number of carbonyl (C=O) groups excluding carboxylic acids is 1. The molecule has 0 saturated heterocycles. The summed E-state index contributed by atoms with van der Waals surface area (Å²) in [6, 6.07) is 7.49. The Bertz CT molecular complexity index is 1200. The van der Waals surface area contributed by atoms with Gasteiger partial charge in [0.25, 0.3) is 10.0 Å². The van der Waals surface area contributed by atoms with Gasteiger partial charge in [-0.2, -0.15) is 0 Å². The van der Waals surface area contributed by atoms with E-state index in [1.165, 1.54) is 36.2 Å². The van der Waals surface area contributed by atoms with Crippen molar-refractivity contribution in [2.24, 2.45) is 0 Å². The van der Waals surface area contributed by atoms with E-state index in [0.717, 1.165) is 24.3 Å². The van der Waals surface area contributed by atoms with Crippen molar-refractivity contribution in [3.05, 3.63) is 77.4 Å². The van der Waals surface area contributed by atoms with E-state index in [1.807, 2.05) is 0 Å². The molecule has 1 aromatic heterocycles. The number of anilines is 1. The Morgan fingerprint density at radius 3 is 2.40 bits per heavy atom. The van der Waals surface area contributed by atoms with Gasteiger partial charge >= 0.3 is 0 Å². The van der Waals surface area contributed by atoms with Crippen molar-refractivity contribution in [3.63, 3.8) is 0 Å². The quantitative estimate of drug-likeness (QED) is 0.332. The van der Waals surface area contributed by atoms with Crippen LogP contribution in [-0.4, -0.2) is 30.4 Å². The first-order valence-corrected chi connectivity index (χ1v) is 11.1. The molecule has 0 unspecified atom stereocenters. The molecule has 2 aromatic carbocycles. The summed E-state index contributed by atoms with van der Waals surface area (Å²) in [6.45, 7) is 0. The van der Waals surface area contributed by atoms with E-state index < -0.39 is 49.4 Å². The van der Waals surface area contributed by atoms with Gasteiger partial charge in [-0.15, -0.1) is 0 Å². The molecule has 156 valence electrons. The molecular formula is C19H14F3N3O3S2. The van der Waals surface area contributed by atoms with Crippen LogP contribution in [0.1, 0.15) is 16.1 Å². The SMILES string of the molecule is CSc1nccc(CC(=O)c2cccc(NS(=O)(=O)c3c(F)cccc3F)c2F)n1. The van der Waals surface area contributed by atoms with Gasteiger partial charge in [-0.05, 0) is 36.6 Å². The van der Waals surface area contributed by atoms with Crippen molar-refractivity contribution in [3.8, 4) is 0 Å². The maximum absolute atomic E-state index is 14.8. The third kappa shape index (κ3) is 4.62. The molecule has 0 bridgehead atoms. The van der Waals surface area contributed by atoms with Crippen LogP contribution in [-0.2, 0) is 16.4 Å². The molecule has 30 heavy (non-hydrogen) atoms. The standard InChI is InChI=1S/C19H14F3N3O3S2/c1-29-19-23-9-8-11(24-19)10-16(26)12-4-2-7-15(17(12)22)25-30(27,28)18-13(20)5-3-6-14(18)21/h2-9,25H,10H2,1H3. The second-order valence-electron chi connectivity index (χ2n) is 5.96. The lowest BCUT2D eigenvalue weighted by atomic mass is 10.1. The molecule has 1 N–H and O–H groups in total. The molecule has 0 atom stereocenters. The van der Waals surface area contributed by atoms with Crippen molar-refractivity contribution in [2.45, 2.75) is 16.5 Å². The molecule has 0 amide bonds. The number of sulfonamides is 1. The molecule has 0 fully saturated rings. The molecule has 11 heteroatoms. The number of nitrogens with one attached hydrogen (secondary N) is 1. The van der Waals surface area contributed by atoms with Gasteiger partial charge in [0.05, 0.1) is 23.4 Å². The zero-order valence-corrected chi connectivity index (χ0v) is 17.0. The van der Waals surface area contributed by atoms with Crippen molar-refractivity contribution < 1.29 is 26.4 Å². The minimum absolute atomic E-state index is 0.245. The summed E-state index contributed by atoms with van der Waals surface area (Å²) in [5.74, 6) is -4.48. The van der Waals surface area contributed by atoms with Crippen LogP contribution >= 0.6 is 11.8 Å². The number of halogens is 3. The third-order valence-corrected chi connectivity index (χ3v) is 5.92. The largest absolute Gasteiger partial charge is 0.294 e. The van der Waals surface area contributed by atoms with Crippen LogP contribution in [0.2, 0.25) is 0 Å². The van der Waals surface area contributed by atoms with Gasteiger partial charge in [0.2, 0.25) is 0 Å². The Hall–Kier alpha value is -2.92. The monoisotopic (exact) mass is 453 g/mol. The van der Waals surface area contributed by atoms with Crippen LogP contribution in [0.25, 0.3) is 0 Å². The third-order valence-electron chi connectivity index (χ3n) is 3.95. The molecule has 3 rings (SSSR count). The van der Waals surface area contributed by atoms with Gasteiger partial charge in [-0.1, -0.05) is 23.9 Å². The Morgan fingerprint density at radius 2 is 1.73 bits per heavy atom. The first-order chi connectivity index (χ1) is 14.2. The highest BCUT2D eigenvalue weighted by Crippen LogP contribution is 2.25. The van der Waals surface area contributed by atoms with Crippen molar-refractivity contribution in [2.75, 3.05) is 11.0 Å². The molecule has 6 nitrogen and oxygen atoms in total. The summed E-state index contributed by atoms with van der Waals surface area (Å²) in [5, 5.41) is 0.439. The second kappa shape index (κ2) is 8.84. The van der Waals surface area contributed by atoms with E-state index in [2.05, 4.69) is 9.97 Å². The Balaban J connectivity index is 1.90. The van der Waals surface area contributed by atoms with Gasteiger partial charge in [-0.3, -0.25) is 9.52 Å². The lowest BCUT2D eigenvalue weighted by Gasteiger charge is -2.12. The summed E-state index contributed by atoms with van der Waals surface area (Å²) in [6.07, 6.45) is 2.98. The van der Waals surface area contributed by atoms with Crippen LogP contribution in [0.3, 0.4) is 0 Å². The lowest BCUT2D eigenvalue weighted by molar-refractivity contribution is 0.0988. The lowest BCUT2D eigenvalue weighted by Crippen LogP contribution is -2.18. The first-order valence-electron chi connectivity index (χ1n) is 8.37. The highest BCUT2D eigenvalue weighted by Gasteiger charge is 2.26. The van der Waals surface area contributed by atoms with Gasteiger partial charge < -0.3 is 0 Å². The summed E-state index contributed by atoms with van der Waals surface area (Å²) in [5.41, 5.74) is -0.650. The predicted molar refractivity (Wildman–Crippen MR) is 105 cm³/mol. The summed E-state index contributed by atoms with van der Waals surface area (Å²) in [4.78, 5) is 19.4. The molecule has 0 saturated carbocycles. The number of hydrogen-bond donors (Lipinski definition) is 1.